The molecule has 0 aliphatic carbocycles. The van der Waals surface area contributed by atoms with Gasteiger partial charge in [0, 0.05) is 30.8 Å². The Bertz CT molecular complexity index is 1100. The fraction of sp³-hybridized carbons (Fsp3) is 0.304. The molecule has 0 saturated heterocycles. The van der Waals surface area contributed by atoms with Crippen molar-refractivity contribution in [3.8, 4) is 17.1 Å². The molecule has 0 fully saturated rings. The fourth-order valence-electron chi connectivity index (χ4n) is 3.25. The van der Waals surface area contributed by atoms with Crippen molar-refractivity contribution in [2.45, 2.75) is 33.3 Å². The van der Waals surface area contributed by atoms with Crippen LogP contribution in [0.4, 0.5) is 5.95 Å². The summed E-state index contributed by atoms with van der Waals surface area (Å²) in [6, 6.07) is 10.4. The number of aromatic nitrogens is 5. The number of hydrogen-bond donors (Lipinski definition) is 1. The Morgan fingerprint density at radius 2 is 1.80 bits per heavy atom. The van der Waals surface area contributed by atoms with Gasteiger partial charge in [-0.3, -0.25) is 9.55 Å². The summed E-state index contributed by atoms with van der Waals surface area (Å²) in [5.41, 5.74) is 5.00. The van der Waals surface area contributed by atoms with Crippen LogP contribution in [0, 0.1) is 0 Å². The van der Waals surface area contributed by atoms with E-state index in [9.17, 15) is 0 Å². The van der Waals surface area contributed by atoms with E-state index in [1.807, 2.05) is 26.1 Å². The highest BCUT2D eigenvalue weighted by Gasteiger charge is 2.15. The molecule has 4 aromatic rings. The van der Waals surface area contributed by atoms with Crippen molar-refractivity contribution in [2.75, 3.05) is 18.5 Å². The van der Waals surface area contributed by atoms with Gasteiger partial charge in [-0.1, -0.05) is 19.1 Å². The van der Waals surface area contributed by atoms with Crippen LogP contribution >= 0.6 is 0 Å². The monoisotopic (exact) mass is 402 g/mol. The second kappa shape index (κ2) is 9.00. The predicted molar refractivity (Wildman–Crippen MR) is 119 cm³/mol. The quantitative estimate of drug-likeness (QED) is 0.443. The van der Waals surface area contributed by atoms with E-state index in [-0.39, 0.29) is 6.10 Å². The van der Waals surface area contributed by atoms with Crippen LogP contribution in [0.5, 0.6) is 0 Å². The first-order valence-electron chi connectivity index (χ1n) is 10.3. The minimum absolute atomic E-state index is 0.212. The summed E-state index contributed by atoms with van der Waals surface area (Å²) >= 11 is 0. The topological polar surface area (TPSA) is 77.8 Å². The van der Waals surface area contributed by atoms with Crippen molar-refractivity contribution < 1.29 is 4.74 Å². The molecule has 0 atom stereocenters. The molecule has 0 aliphatic rings. The van der Waals surface area contributed by atoms with E-state index < -0.39 is 0 Å². The molecule has 30 heavy (non-hydrogen) atoms. The first-order valence-corrected chi connectivity index (χ1v) is 10.3. The Kier molecular flexibility index (Phi) is 5.99. The molecular weight excluding hydrogens is 376 g/mol. The smallest absolute Gasteiger partial charge is 0.222 e. The third-order valence-electron chi connectivity index (χ3n) is 4.81. The number of aryl methyl sites for hydroxylation is 1. The van der Waals surface area contributed by atoms with E-state index in [4.69, 9.17) is 9.72 Å². The molecule has 0 unspecified atom stereocenters. The number of imidazole rings is 1. The van der Waals surface area contributed by atoms with E-state index in [0.717, 1.165) is 34.5 Å². The van der Waals surface area contributed by atoms with Gasteiger partial charge >= 0.3 is 0 Å². The number of hydrogen-bond acceptors (Lipinski definition) is 6. The fourth-order valence-corrected chi connectivity index (χ4v) is 3.25. The number of anilines is 1. The zero-order valence-electron chi connectivity index (χ0n) is 17.5. The molecule has 3 aromatic heterocycles. The summed E-state index contributed by atoms with van der Waals surface area (Å²) in [6.07, 6.45) is 8.40. The van der Waals surface area contributed by atoms with Crippen LogP contribution in [0.2, 0.25) is 0 Å². The Morgan fingerprint density at radius 3 is 2.50 bits per heavy atom. The largest absolute Gasteiger partial charge is 0.377 e. The predicted octanol–water partition coefficient (Wildman–Crippen LogP) is 4.28. The molecule has 7 heteroatoms. The summed E-state index contributed by atoms with van der Waals surface area (Å²) in [5, 5.41) is 3.18. The number of rotatable bonds is 8. The molecule has 3 heterocycles. The minimum atomic E-state index is 0.212. The molecule has 0 bridgehead atoms. The van der Waals surface area contributed by atoms with Crippen LogP contribution in [0.1, 0.15) is 26.3 Å². The summed E-state index contributed by atoms with van der Waals surface area (Å²) in [4.78, 5) is 18.0. The Hall–Kier alpha value is -3.32. The average molecular weight is 403 g/mol. The standard InChI is InChI=1S/C23H26N6O/c1-4-17-5-7-19(8-6-17)29-21-15-24-10-9-20(21)28-22(29)18-13-26-23(27-14-18)25-11-12-30-16(2)3/h5-10,13-16H,4,11-12H2,1-3H3,(H,25,26,27). The highest BCUT2D eigenvalue weighted by atomic mass is 16.5. The van der Waals surface area contributed by atoms with Crippen molar-refractivity contribution in [3.05, 3.63) is 60.7 Å². The van der Waals surface area contributed by atoms with Gasteiger partial charge in [0.1, 0.15) is 5.82 Å². The SMILES string of the molecule is CCc1ccc(-n2c(-c3cnc(NCCOC(C)C)nc3)nc3ccncc32)cc1. The summed E-state index contributed by atoms with van der Waals surface area (Å²) in [7, 11) is 0. The van der Waals surface area contributed by atoms with E-state index in [1.54, 1.807) is 18.6 Å². The van der Waals surface area contributed by atoms with Crippen LogP contribution in [-0.2, 0) is 11.2 Å². The zero-order chi connectivity index (χ0) is 20.9. The van der Waals surface area contributed by atoms with Crippen molar-refractivity contribution in [1.29, 1.82) is 0 Å². The molecule has 4 rings (SSSR count). The van der Waals surface area contributed by atoms with Crippen LogP contribution in [0.25, 0.3) is 28.1 Å². The second-order valence-electron chi connectivity index (χ2n) is 7.30. The number of nitrogens with one attached hydrogen (secondary N) is 1. The molecule has 0 saturated carbocycles. The normalized spacial score (nSPS) is 11.3. The van der Waals surface area contributed by atoms with Crippen molar-refractivity contribution in [1.82, 2.24) is 24.5 Å². The molecular formula is C23H26N6O. The lowest BCUT2D eigenvalue weighted by molar-refractivity contribution is 0.0870. The third kappa shape index (κ3) is 4.31. The second-order valence-corrected chi connectivity index (χ2v) is 7.30. The van der Waals surface area contributed by atoms with Gasteiger partial charge < -0.3 is 10.1 Å². The van der Waals surface area contributed by atoms with E-state index in [2.05, 4.69) is 56.0 Å². The maximum atomic E-state index is 5.53. The van der Waals surface area contributed by atoms with Crippen LogP contribution in [0.3, 0.4) is 0 Å². The lowest BCUT2D eigenvalue weighted by atomic mass is 10.1. The van der Waals surface area contributed by atoms with Gasteiger partial charge in [-0.2, -0.15) is 0 Å². The number of fused-ring (bicyclic) bond motifs is 1. The van der Waals surface area contributed by atoms with Crippen LogP contribution in [0.15, 0.2) is 55.1 Å². The van der Waals surface area contributed by atoms with Gasteiger partial charge in [-0.05, 0) is 44.0 Å². The van der Waals surface area contributed by atoms with Gasteiger partial charge in [0.15, 0.2) is 0 Å². The van der Waals surface area contributed by atoms with Crippen molar-refractivity contribution in [3.63, 3.8) is 0 Å². The zero-order valence-corrected chi connectivity index (χ0v) is 17.5. The molecule has 154 valence electrons. The molecule has 0 amide bonds. The van der Waals surface area contributed by atoms with E-state index >= 15 is 0 Å². The minimum Gasteiger partial charge on any atom is -0.377 e. The average Bonchev–Trinajstić information content (AvgIpc) is 3.16. The summed E-state index contributed by atoms with van der Waals surface area (Å²) in [5.74, 6) is 1.36. The molecule has 1 aromatic carbocycles. The van der Waals surface area contributed by atoms with E-state index in [0.29, 0.717) is 19.1 Å². The van der Waals surface area contributed by atoms with E-state index in [1.165, 1.54) is 5.56 Å². The van der Waals surface area contributed by atoms with Crippen LogP contribution < -0.4 is 5.32 Å². The molecule has 1 N–H and O–H groups in total. The van der Waals surface area contributed by atoms with Gasteiger partial charge in [0.05, 0.1) is 35.5 Å². The number of nitrogens with zero attached hydrogens (tertiary/aromatic N) is 5. The van der Waals surface area contributed by atoms with Gasteiger partial charge in [0.2, 0.25) is 5.95 Å². The van der Waals surface area contributed by atoms with Gasteiger partial charge in [0.25, 0.3) is 0 Å². The highest BCUT2D eigenvalue weighted by molar-refractivity contribution is 5.82. The van der Waals surface area contributed by atoms with Crippen LogP contribution in [-0.4, -0.2) is 43.8 Å². The number of benzene rings is 1. The van der Waals surface area contributed by atoms with Crippen molar-refractivity contribution in [2.24, 2.45) is 0 Å². The van der Waals surface area contributed by atoms with Gasteiger partial charge in [-0.25, -0.2) is 15.0 Å². The number of pyridine rings is 1. The highest BCUT2D eigenvalue weighted by Crippen LogP contribution is 2.28. The maximum Gasteiger partial charge on any atom is 0.222 e. The Balaban J connectivity index is 1.65. The first kappa shape index (κ1) is 20.0. The summed E-state index contributed by atoms with van der Waals surface area (Å²) in [6.45, 7) is 7.45. The molecule has 0 spiro atoms. The third-order valence-corrected chi connectivity index (χ3v) is 4.81. The molecule has 0 radical (unpaired) electrons. The molecule has 0 aliphatic heterocycles. The lowest BCUT2D eigenvalue weighted by Crippen LogP contribution is -2.14. The lowest BCUT2D eigenvalue weighted by Gasteiger charge is -2.11. The van der Waals surface area contributed by atoms with Crippen molar-refractivity contribution >= 4 is 17.0 Å². The Labute approximate surface area is 176 Å². The first-order chi connectivity index (χ1) is 14.7. The molecule has 7 nitrogen and oxygen atoms in total. The number of ether oxygens (including phenoxy) is 1. The Morgan fingerprint density at radius 1 is 1.03 bits per heavy atom. The van der Waals surface area contributed by atoms with Gasteiger partial charge in [-0.15, -0.1) is 0 Å². The maximum absolute atomic E-state index is 5.53. The summed E-state index contributed by atoms with van der Waals surface area (Å²) < 4.78 is 7.64.